The molecule has 1 aromatic rings. The summed E-state index contributed by atoms with van der Waals surface area (Å²) >= 11 is 1.26. The average molecular weight is 280 g/mol. The predicted octanol–water partition coefficient (Wildman–Crippen LogP) is 2.04. The Kier molecular flexibility index (Phi) is 3.99. The highest BCUT2D eigenvalue weighted by molar-refractivity contribution is 7.13. The molecule has 1 aliphatic heterocycles. The fourth-order valence-electron chi connectivity index (χ4n) is 2.27. The van der Waals surface area contributed by atoms with Crippen LogP contribution in [0.3, 0.4) is 0 Å². The minimum absolute atomic E-state index is 0.0417. The summed E-state index contributed by atoms with van der Waals surface area (Å²) in [6, 6.07) is 0. The van der Waals surface area contributed by atoms with Gasteiger partial charge in [-0.05, 0) is 25.8 Å². The lowest BCUT2D eigenvalue weighted by Gasteiger charge is -2.30. The quantitative estimate of drug-likeness (QED) is 0.860. The van der Waals surface area contributed by atoms with E-state index in [2.05, 4.69) is 11.6 Å². The van der Waals surface area contributed by atoms with Gasteiger partial charge in [-0.2, -0.15) is 0 Å². The normalized spacial score (nSPS) is 16.4. The van der Waals surface area contributed by atoms with E-state index >= 15 is 0 Å². The number of aromatic carboxylic acids is 1. The number of piperidine rings is 1. The fourth-order valence-corrected chi connectivity index (χ4v) is 3.34. The Morgan fingerprint density at radius 1 is 1.47 bits per heavy atom. The van der Waals surface area contributed by atoms with Crippen LogP contribution in [0, 0.1) is 6.92 Å². The number of nitrogens with zero attached hydrogens (tertiary/aromatic N) is 2. The van der Waals surface area contributed by atoms with E-state index in [1.54, 1.807) is 11.8 Å². The summed E-state index contributed by atoms with van der Waals surface area (Å²) in [6.07, 6.45) is 2.98. The molecule has 0 bridgehead atoms. The minimum atomic E-state index is -0.916. The molecule has 1 aliphatic rings. The third kappa shape index (κ3) is 2.84. The highest BCUT2D eigenvalue weighted by atomic mass is 32.1. The van der Waals surface area contributed by atoms with Crippen LogP contribution >= 0.6 is 11.3 Å². The average Bonchev–Trinajstić information content (AvgIpc) is 2.80. The van der Waals surface area contributed by atoms with Gasteiger partial charge in [0.1, 0.15) is 4.88 Å². The Labute approximate surface area is 115 Å². The first-order valence-electron chi connectivity index (χ1n) is 6.15. The van der Waals surface area contributed by atoms with Crippen LogP contribution in [0.15, 0.2) is 12.7 Å². The van der Waals surface area contributed by atoms with Gasteiger partial charge in [-0.1, -0.05) is 6.58 Å². The Morgan fingerprint density at radius 2 is 2.11 bits per heavy atom. The standard InChI is InChI=1S/C13H16N2O3S/c1-3-10(16)15-6-4-9(5-7-15)12-14-8(2)11(19-12)13(17)18/h3,9H,1,4-7H2,2H3,(H,17,18). The van der Waals surface area contributed by atoms with E-state index in [-0.39, 0.29) is 11.8 Å². The van der Waals surface area contributed by atoms with Crippen molar-refractivity contribution in [1.29, 1.82) is 0 Å². The molecule has 1 saturated heterocycles. The van der Waals surface area contributed by atoms with Crippen LogP contribution in [-0.4, -0.2) is 40.0 Å². The molecule has 0 atom stereocenters. The number of aryl methyl sites for hydroxylation is 1. The largest absolute Gasteiger partial charge is 0.477 e. The monoisotopic (exact) mass is 280 g/mol. The molecule has 1 amide bonds. The summed E-state index contributed by atoms with van der Waals surface area (Å²) in [6.45, 7) is 6.56. The summed E-state index contributed by atoms with van der Waals surface area (Å²) in [7, 11) is 0. The van der Waals surface area contributed by atoms with Crippen LogP contribution in [0.5, 0.6) is 0 Å². The molecular weight excluding hydrogens is 264 g/mol. The summed E-state index contributed by atoms with van der Waals surface area (Å²) in [5.74, 6) is -0.703. The molecule has 1 N–H and O–H groups in total. The fraction of sp³-hybridized carbons (Fsp3) is 0.462. The smallest absolute Gasteiger partial charge is 0.347 e. The van der Waals surface area contributed by atoms with Gasteiger partial charge >= 0.3 is 5.97 Å². The molecule has 0 spiro atoms. The molecule has 1 aromatic heterocycles. The topological polar surface area (TPSA) is 70.5 Å². The van der Waals surface area contributed by atoms with E-state index in [0.29, 0.717) is 23.7 Å². The number of amides is 1. The molecule has 0 aromatic carbocycles. The SMILES string of the molecule is C=CC(=O)N1CCC(c2nc(C)c(C(=O)O)s2)CC1. The van der Waals surface area contributed by atoms with Crippen LogP contribution in [0.25, 0.3) is 0 Å². The number of rotatable bonds is 3. The van der Waals surface area contributed by atoms with Crippen LogP contribution in [0.2, 0.25) is 0 Å². The third-order valence-electron chi connectivity index (χ3n) is 3.34. The van der Waals surface area contributed by atoms with Crippen LogP contribution in [0.4, 0.5) is 0 Å². The zero-order valence-electron chi connectivity index (χ0n) is 10.8. The predicted molar refractivity (Wildman–Crippen MR) is 72.6 cm³/mol. The second-order valence-corrected chi connectivity index (χ2v) is 5.61. The highest BCUT2D eigenvalue weighted by Gasteiger charge is 2.26. The van der Waals surface area contributed by atoms with E-state index in [1.165, 1.54) is 17.4 Å². The molecule has 5 nitrogen and oxygen atoms in total. The first kappa shape index (κ1) is 13.7. The number of hydrogen-bond donors (Lipinski definition) is 1. The number of carboxylic acids is 1. The first-order valence-corrected chi connectivity index (χ1v) is 6.96. The van der Waals surface area contributed by atoms with Gasteiger partial charge < -0.3 is 10.0 Å². The summed E-state index contributed by atoms with van der Waals surface area (Å²) in [5, 5.41) is 9.91. The molecule has 2 rings (SSSR count). The molecular formula is C13H16N2O3S. The maximum absolute atomic E-state index is 11.5. The Hall–Kier alpha value is -1.69. The first-order chi connectivity index (χ1) is 9.02. The Morgan fingerprint density at radius 3 is 2.58 bits per heavy atom. The molecule has 0 saturated carbocycles. The third-order valence-corrected chi connectivity index (χ3v) is 4.65. The van der Waals surface area contributed by atoms with Crippen molar-refractivity contribution in [1.82, 2.24) is 9.88 Å². The van der Waals surface area contributed by atoms with Crippen LogP contribution < -0.4 is 0 Å². The van der Waals surface area contributed by atoms with Crippen molar-refractivity contribution in [2.24, 2.45) is 0 Å². The lowest BCUT2D eigenvalue weighted by Crippen LogP contribution is -2.36. The summed E-state index contributed by atoms with van der Waals surface area (Å²) in [4.78, 5) is 28.9. The van der Waals surface area contributed by atoms with Gasteiger partial charge in [0.15, 0.2) is 0 Å². The van der Waals surface area contributed by atoms with Crippen molar-refractivity contribution in [3.8, 4) is 0 Å². The van der Waals surface area contributed by atoms with Crippen molar-refractivity contribution >= 4 is 23.2 Å². The molecule has 0 radical (unpaired) electrons. The van der Waals surface area contributed by atoms with Crippen molar-refractivity contribution in [3.63, 3.8) is 0 Å². The summed E-state index contributed by atoms with van der Waals surface area (Å²) < 4.78 is 0. The number of carbonyl (C=O) groups is 2. The zero-order chi connectivity index (χ0) is 14.0. The summed E-state index contributed by atoms with van der Waals surface area (Å²) in [5.41, 5.74) is 0.581. The Balaban J connectivity index is 2.05. The number of hydrogen-bond acceptors (Lipinski definition) is 4. The maximum atomic E-state index is 11.5. The number of carbonyl (C=O) groups excluding carboxylic acids is 1. The lowest BCUT2D eigenvalue weighted by atomic mass is 9.97. The van der Waals surface area contributed by atoms with Crippen molar-refractivity contribution in [3.05, 3.63) is 28.2 Å². The molecule has 102 valence electrons. The molecule has 0 aliphatic carbocycles. The number of thiazole rings is 1. The number of aromatic nitrogens is 1. The molecule has 2 heterocycles. The van der Waals surface area contributed by atoms with Gasteiger partial charge in [0.25, 0.3) is 0 Å². The number of likely N-dealkylation sites (tertiary alicyclic amines) is 1. The van der Waals surface area contributed by atoms with Crippen LogP contribution in [-0.2, 0) is 4.79 Å². The lowest BCUT2D eigenvalue weighted by molar-refractivity contribution is -0.127. The molecule has 6 heteroatoms. The van der Waals surface area contributed by atoms with Crippen LogP contribution in [0.1, 0.15) is 39.1 Å². The van der Waals surface area contributed by atoms with Gasteiger partial charge in [0.05, 0.1) is 10.7 Å². The molecule has 1 fully saturated rings. The second-order valence-electron chi connectivity index (χ2n) is 4.58. The molecule has 19 heavy (non-hydrogen) atoms. The second kappa shape index (κ2) is 5.52. The van der Waals surface area contributed by atoms with Crippen molar-refractivity contribution < 1.29 is 14.7 Å². The van der Waals surface area contributed by atoms with E-state index < -0.39 is 5.97 Å². The van der Waals surface area contributed by atoms with Gasteiger partial charge in [0, 0.05) is 19.0 Å². The minimum Gasteiger partial charge on any atom is -0.477 e. The number of carboxylic acid groups (broad SMARTS) is 1. The highest BCUT2D eigenvalue weighted by Crippen LogP contribution is 2.32. The van der Waals surface area contributed by atoms with Gasteiger partial charge in [-0.25, -0.2) is 9.78 Å². The van der Waals surface area contributed by atoms with Gasteiger partial charge in [-0.15, -0.1) is 11.3 Å². The zero-order valence-corrected chi connectivity index (χ0v) is 11.6. The van der Waals surface area contributed by atoms with Crippen molar-refractivity contribution in [2.45, 2.75) is 25.7 Å². The van der Waals surface area contributed by atoms with E-state index in [4.69, 9.17) is 5.11 Å². The van der Waals surface area contributed by atoms with E-state index in [0.717, 1.165) is 17.8 Å². The van der Waals surface area contributed by atoms with E-state index in [1.807, 2.05) is 0 Å². The molecule has 0 unspecified atom stereocenters. The van der Waals surface area contributed by atoms with Crippen molar-refractivity contribution in [2.75, 3.05) is 13.1 Å². The van der Waals surface area contributed by atoms with E-state index in [9.17, 15) is 9.59 Å². The van der Waals surface area contributed by atoms with Gasteiger partial charge in [-0.3, -0.25) is 4.79 Å². The maximum Gasteiger partial charge on any atom is 0.347 e. The van der Waals surface area contributed by atoms with Gasteiger partial charge in [0.2, 0.25) is 5.91 Å². The Bertz CT molecular complexity index is 516.